The standard InChI is InChI=1S/C17H28N2O/c1-4-9-17(14-16-10-7-6-8-11-16)15-18-19(3)12-13-20-5-2/h6-8,10-11,15,17H,4-5,9,12-14H2,1-3H3/b18-15+. The molecule has 20 heavy (non-hydrogen) atoms. The van der Waals surface area contributed by atoms with Crippen LogP contribution in [0.4, 0.5) is 0 Å². The van der Waals surface area contributed by atoms with Gasteiger partial charge in [0.15, 0.2) is 0 Å². The summed E-state index contributed by atoms with van der Waals surface area (Å²) in [5.74, 6) is 0.511. The van der Waals surface area contributed by atoms with Gasteiger partial charge in [-0.2, -0.15) is 5.10 Å². The van der Waals surface area contributed by atoms with E-state index >= 15 is 0 Å². The molecule has 0 heterocycles. The highest BCUT2D eigenvalue weighted by atomic mass is 16.5. The van der Waals surface area contributed by atoms with Crippen LogP contribution in [0.2, 0.25) is 0 Å². The van der Waals surface area contributed by atoms with Gasteiger partial charge in [-0.15, -0.1) is 0 Å². The molecule has 1 atom stereocenters. The minimum Gasteiger partial charge on any atom is -0.380 e. The van der Waals surface area contributed by atoms with Gasteiger partial charge in [-0.1, -0.05) is 43.7 Å². The van der Waals surface area contributed by atoms with Gasteiger partial charge in [0.2, 0.25) is 0 Å². The molecule has 0 bridgehead atoms. The molecule has 3 heteroatoms. The Balaban J connectivity index is 2.45. The van der Waals surface area contributed by atoms with Crippen molar-refractivity contribution in [2.75, 3.05) is 26.8 Å². The second-order valence-corrected chi connectivity index (χ2v) is 5.08. The Hall–Kier alpha value is -1.35. The van der Waals surface area contributed by atoms with Crippen LogP contribution in [0.1, 0.15) is 32.3 Å². The highest BCUT2D eigenvalue weighted by molar-refractivity contribution is 5.60. The van der Waals surface area contributed by atoms with Crippen LogP contribution in [0.25, 0.3) is 0 Å². The molecule has 0 N–H and O–H groups in total. The average molecular weight is 276 g/mol. The molecule has 0 saturated heterocycles. The van der Waals surface area contributed by atoms with E-state index in [1.165, 1.54) is 18.4 Å². The van der Waals surface area contributed by atoms with Crippen molar-refractivity contribution in [3.8, 4) is 0 Å². The first-order valence-corrected chi connectivity index (χ1v) is 7.63. The molecule has 1 aromatic rings. The van der Waals surface area contributed by atoms with E-state index in [0.29, 0.717) is 5.92 Å². The second kappa shape index (κ2) is 10.4. The van der Waals surface area contributed by atoms with Gasteiger partial charge >= 0.3 is 0 Å². The maximum Gasteiger partial charge on any atom is 0.0658 e. The van der Waals surface area contributed by atoms with Gasteiger partial charge in [-0.25, -0.2) is 0 Å². The summed E-state index contributed by atoms with van der Waals surface area (Å²) in [6.45, 7) is 6.59. The predicted molar refractivity (Wildman–Crippen MR) is 86.2 cm³/mol. The molecule has 0 amide bonds. The van der Waals surface area contributed by atoms with Crippen molar-refractivity contribution in [1.29, 1.82) is 0 Å². The van der Waals surface area contributed by atoms with Crippen LogP contribution in [0.5, 0.6) is 0 Å². The summed E-state index contributed by atoms with van der Waals surface area (Å²) >= 11 is 0. The smallest absolute Gasteiger partial charge is 0.0658 e. The first-order valence-electron chi connectivity index (χ1n) is 7.63. The van der Waals surface area contributed by atoms with E-state index < -0.39 is 0 Å². The molecule has 0 aromatic heterocycles. The number of benzene rings is 1. The third-order valence-electron chi connectivity index (χ3n) is 3.24. The van der Waals surface area contributed by atoms with Gasteiger partial charge in [-0.3, -0.25) is 5.01 Å². The van der Waals surface area contributed by atoms with E-state index in [1.807, 2.05) is 19.0 Å². The summed E-state index contributed by atoms with van der Waals surface area (Å²) < 4.78 is 5.34. The van der Waals surface area contributed by atoms with Crippen LogP contribution in [0.3, 0.4) is 0 Å². The lowest BCUT2D eigenvalue weighted by Gasteiger charge is -2.15. The van der Waals surface area contributed by atoms with Crippen LogP contribution in [-0.2, 0) is 11.2 Å². The van der Waals surface area contributed by atoms with Gasteiger partial charge in [-0.05, 0) is 25.3 Å². The van der Waals surface area contributed by atoms with Gasteiger partial charge in [0, 0.05) is 25.8 Å². The fourth-order valence-electron chi connectivity index (χ4n) is 2.12. The largest absolute Gasteiger partial charge is 0.380 e. The maximum absolute atomic E-state index is 5.34. The molecular formula is C17H28N2O. The number of likely N-dealkylation sites (N-methyl/N-ethyl adjacent to an activating group) is 1. The molecular weight excluding hydrogens is 248 g/mol. The Morgan fingerprint density at radius 3 is 2.65 bits per heavy atom. The quantitative estimate of drug-likeness (QED) is 0.370. The molecule has 0 saturated carbocycles. The van der Waals surface area contributed by atoms with Gasteiger partial charge in [0.05, 0.1) is 13.2 Å². The molecule has 0 fully saturated rings. The molecule has 0 aliphatic heterocycles. The summed E-state index contributed by atoms with van der Waals surface area (Å²) in [5, 5.41) is 6.50. The van der Waals surface area contributed by atoms with E-state index in [9.17, 15) is 0 Å². The first kappa shape index (κ1) is 16.7. The molecule has 0 radical (unpaired) electrons. The SMILES string of the molecule is CCCC(/C=N/N(C)CCOCC)Cc1ccccc1. The third-order valence-corrected chi connectivity index (χ3v) is 3.24. The number of ether oxygens (including phenoxy) is 1. The molecule has 0 aliphatic carbocycles. The third kappa shape index (κ3) is 7.29. The molecule has 0 aliphatic rings. The van der Waals surface area contributed by atoms with Gasteiger partial charge in [0.1, 0.15) is 0 Å². The highest BCUT2D eigenvalue weighted by Crippen LogP contribution is 2.12. The number of hydrogen-bond donors (Lipinski definition) is 0. The molecule has 3 nitrogen and oxygen atoms in total. The lowest BCUT2D eigenvalue weighted by molar-refractivity contribution is 0.123. The molecule has 112 valence electrons. The summed E-state index contributed by atoms with van der Waals surface area (Å²) in [6.07, 6.45) is 5.53. The Labute approximate surface area is 123 Å². The Morgan fingerprint density at radius 2 is 2.00 bits per heavy atom. The monoisotopic (exact) mass is 276 g/mol. The van der Waals surface area contributed by atoms with Crippen LogP contribution in [0, 0.1) is 5.92 Å². The van der Waals surface area contributed by atoms with E-state index in [0.717, 1.165) is 26.2 Å². The zero-order chi connectivity index (χ0) is 14.6. The Morgan fingerprint density at radius 1 is 1.25 bits per heavy atom. The number of hydrazone groups is 1. The van der Waals surface area contributed by atoms with E-state index in [2.05, 4.69) is 48.6 Å². The molecule has 1 aromatic carbocycles. The predicted octanol–water partition coefficient (Wildman–Crippen LogP) is 3.60. The highest BCUT2D eigenvalue weighted by Gasteiger charge is 2.06. The van der Waals surface area contributed by atoms with Gasteiger partial charge < -0.3 is 4.74 Å². The Kier molecular flexibility index (Phi) is 8.72. The summed E-state index contributed by atoms with van der Waals surface area (Å²) in [4.78, 5) is 0. The van der Waals surface area contributed by atoms with E-state index in [4.69, 9.17) is 4.74 Å². The minimum atomic E-state index is 0.511. The van der Waals surface area contributed by atoms with Crippen molar-refractivity contribution in [3.63, 3.8) is 0 Å². The van der Waals surface area contributed by atoms with E-state index in [-0.39, 0.29) is 0 Å². The zero-order valence-electron chi connectivity index (χ0n) is 13.1. The lowest BCUT2D eigenvalue weighted by Crippen LogP contribution is -2.19. The molecule has 0 spiro atoms. The van der Waals surface area contributed by atoms with Crippen LogP contribution < -0.4 is 0 Å². The van der Waals surface area contributed by atoms with Crippen molar-refractivity contribution in [2.45, 2.75) is 33.1 Å². The topological polar surface area (TPSA) is 24.8 Å². The van der Waals surface area contributed by atoms with Gasteiger partial charge in [0.25, 0.3) is 0 Å². The summed E-state index contributed by atoms with van der Waals surface area (Å²) in [5.41, 5.74) is 1.38. The van der Waals surface area contributed by atoms with Crippen molar-refractivity contribution in [2.24, 2.45) is 11.0 Å². The van der Waals surface area contributed by atoms with Crippen LogP contribution in [0.15, 0.2) is 35.4 Å². The maximum atomic E-state index is 5.34. The Bertz CT molecular complexity index is 365. The van der Waals surface area contributed by atoms with Crippen molar-refractivity contribution >= 4 is 6.21 Å². The zero-order valence-corrected chi connectivity index (χ0v) is 13.1. The van der Waals surface area contributed by atoms with Crippen molar-refractivity contribution in [3.05, 3.63) is 35.9 Å². The number of nitrogens with zero attached hydrogens (tertiary/aromatic N) is 2. The van der Waals surface area contributed by atoms with Crippen molar-refractivity contribution in [1.82, 2.24) is 5.01 Å². The average Bonchev–Trinajstić information content (AvgIpc) is 2.46. The van der Waals surface area contributed by atoms with Crippen molar-refractivity contribution < 1.29 is 4.74 Å². The minimum absolute atomic E-state index is 0.511. The van der Waals surface area contributed by atoms with Crippen LogP contribution in [-0.4, -0.2) is 38.0 Å². The summed E-state index contributed by atoms with van der Waals surface area (Å²) in [6, 6.07) is 10.6. The normalized spacial score (nSPS) is 12.8. The number of hydrogen-bond acceptors (Lipinski definition) is 3. The first-order chi connectivity index (χ1) is 9.76. The van der Waals surface area contributed by atoms with E-state index in [1.54, 1.807) is 0 Å². The molecule has 1 rings (SSSR count). The second-order valence-electron chi connectivity index (χ2n) is 5.08. The summed E-state index contributed by atoms with van der Waals surface area (Å²) in [7, 11) is 2.00. The van der Waals surface area contributed by atoms with Crippen LogP contribution >= 0.6 is 0 Å². The fraction of sp³-hybridized carbons (Fsp3) is 0.588. The number of rotatable bonds is 10. The lowest BCUT2D eigenvalue weighted by atomic mass is 9.96. The molecule has 1 unspecified atom stereocenters. The fourth-order valence-corrected chi connectivity index (χ4v) is 2.12.